The molecule has 1 aromatic carbocycles. The fraction of sp³-hybridized carbons (Fsp3) is 0.500. The number of aryl methyl sites for hydroxylation is 1. The molecule has 29 heavy (non-hydrogen) atoms. The van der Waals surface area contributed by atoms with Crippen molar-refractivity contribution >= 4 is 38.3 Å². The molecule has 0 radical (unpaired) electrons. The number of hydrogen-bond acceptors (Lipinski definition) is 6. The molecular formula is C20H31N5O3S. The number of nitrogen functional groups attached to an aromatic ring is 1. The molecule has 0 aliphatic heterocycles. The minimum atomic E-state index is -3.25. The van der Waals surface area contributed by atoms with Crippen LogP contribution in [0.15, 0.2) is 29.3 Å². The number of nitrogens with one attached hydrogen (secondary N) is 2. The van der Waals surface area contributed by atoms with Gasteiger partial charge in [-0.1, -0.05) is 32.0 Å². The highest BCUT2D eigenvalue weighted by Crippen LogP contribution is 2.28. The van der Waals surface area contributed by atoms with Gasteiger partial charge in [0.15, 0.2) is 0 Å². The third-order valence-corrected chi connectivity index (χ3v) is 5.07. The van der Waals surface area contributed by atoms with Gasteiger partial charge in [-0.15, -0.1) is 0 Å². The zero-order chi connectivity index (χ0) is 21.7. The zero-order valence-electron chi connectivity index (χ0n) is 17.7. The van der Waals surface area contributed by atoms with E-state index in [-0.39, 0.29) is 18.6 Å². The van der Waals surface area contributed by atoms with E-state index in [0.29, 0.717) is 30.5 Å². The normalized spacial score (nSPS) is 13.1. The predicted molar refractivity (Wildman–Crippen MR) is 120 cm³/mol. The average molecular weight is 422 g/mol. The van der Waals surface area contributed by atoms with Crippen LogP contribution in [0.2, 0.25) is 0 Å². The second-order valence-electron chi connectivity index (χ2n) is 7.80. The third kappa shape index (κ3) is 6.95. The van der Waals surface area contributed by atoms with Gasteiger partial charge >= 0.3 is 0 Å². The number of amidine groups is 1. The van der Waals surface area contributed by atoms with Crippen LogP contribution in [0.4, 0.5) is 11.5 Å². The maximum Gasteiger partial charge on any atom is 0.208 e. The molecule has 160 valence electrons. The fourth-order valence-corrected chi connectivity index (χ4v) is 3.37. The number of fused-ring (bicyclic) bond motifs is 1. The van der Waals surface area contributed by atoms with Crippen molar-refractivity contribution in [3.63, 3.8) is 0 Å². The number of aromatic nitrogens is 1. The molecule has 1 aromatic heterocycles. The predicted octanol–water partition coefficient (Wildman–Crippen LogP) is 2.55. The summed E-state index contributed by atoms with van der Waals surface area (Å²) in [6.45, 7) is 9.33. The molecular weight excluding hydrogens is 390 g/mol. The van der Waals surface area contributed by atoms with Crippen LogP contribution in [0.3, 0.4) is 0 Å². The fourth-order valence-electron chi connectivity index (χ4n) is 2.71. The van der Waals surface area contributed by atoms with E-state index in [1.807, 2.05) is 52.0 Å². The van der Waals surface area contributed by atoms with Crippen molar-refractivity contribution in [2.75, 3.05) is 43.6 Å². The number of nitrogens with zero attached hydrogens (tertiary/aromatic N) is 2. The Hall–Kier alpha value is -2.23. The Morgan fingerprint density at radius 1 is 1.31 bits per heavy atom. The van der Waals surface area contributed by atoms with Crippen LogP contribution in [-0.2, 0) is 14.8 Å². The van der Waals surface area contributed by atoms with Gasteiger partial charge in [0, 0.05) is 25.1 Å². The maximum atomic E-state index is 11.4. The first-order valence-corrected chi connectivity index (χ1v) is 11.4. The monoisotopic (exact) mass is 421 g/mol. The highest BCUT2D eigenvalue weighted by molar-refractivity contribution is 7.88. The number of para-hydroxylation sites is 1. The molecule has 0 saturated heterocycles. The Labute approximate surface area is 173 Å². The molecule has 4 N–H and O–H groups in total. The third-order valence-electron chi connectivity index (χ3n) is 4.40. The molecule has 0 saturated carbocycles. The second kappa shape index (κ2) is 9.51. The van der Waals surface area contributed by atoms with Gasteiger partial charge in [0.25, 0.3) is 0 Å². The Morgan fingerprint density at radius 2 is 2.00 bits per heavy atom. The lowest BCUT2D eigenvalue weighted by Crippen LogP contribution is -2.35. The number of ether oxygens (including phenoxy) is 1. The first kappa shape index (κ1) is 23.1. The van der Waals surface area contributed by atoms with Crippen molar-refractivity contribution in [3.8, 4) is 0 Å². The van der Waals surface area contributed by atoms with Crippen molar-refractivity contribution in [3.05, 3.63) is 29.8 Å². The second-order valence-corrected chi connectivity index (χ2v) is 9.63. The van der Waals surface area contributed by atoms with Crippen LogP contribution < -0.4 is 15.8 Å². The van der Waals surface area contributed by atoms with Gasteiger partial charge in [-0.05, 0) is 30.9 Å². The number of hydrogen-bond donors (Lipinski definition) is 3. The largest absolute Gasteiger partial charge is 0.382 e. The van der Waals surface area contributed by atoms with Crippen molar-refractivity contribution < 1.29 is 13.2 Å². The molecule has 0 amide bonds. The lowest BCUT2D eigenvalue weighted by Gasteiger charge is -2.23. The van der Waals surface area contributed by atoms with E-state index in [0.717, 1.165) is 22.7 Å². The van der Waals surface area contributed by atoms with Crippen molar-refractivity contribution in [2.24, 2.45) is 10.4 Å². The van der Waals surface area contributed by atoms with E-state index >= 15 is 0 Å². The summed E-state index contributed by atoms with van der Waals surface area (Å²) in [5, 5.41) is 4.30. The van der Waals surface area contributed by atoms with Crippen molar-refractivity contribution in [1.29, 1.82) is 0 Å². The Kier molecular flexibility index (Phi) is 7.56. The molecule has 0 bridgehead atoms. The Morgan fingerprint density at radius 3 is 2.66 bits per heavy atom. The van der Waals surface area contributed by atoms with Gasteiger partial charge in [0.05, 0.1) is 17.5 Å². The van der Waals surface area contributed by atoms with Crippen LogP contribution in [0.5, 0.6) is 0 Å². The Bertz CT molecular complexity index is 987. The number of benzene rings is 1. The maximum absolute atomic E-state index is 11.4. The molecule has 0 atom stereocenters. The van der Waals surface area contributed by atoms with E-state index in [4.69, 9.17) is 10.5 Å². The molecule has 9 heteroatoms. The van der Waals surface area contributed by atoms with E-state index in [9.17, 15) is 8.42 Å². The van der Waals surface area contributed by atoms with Crippen LogP contribution in [-0.4, -0.2) is 51.8 Å². The summed E-state index contributed by atoms with van der Waals surface area (Å²) in [5.41, 5.74) is 8.35. The number of anilines is 2. The standard InChI is InChI=1S/C20H31N5O3S/c1-6-28-11-17(22-12-20(3,4)13-23-29(5,26)27)25-18-14(2)15-9-7-8-10-16(15)24-19(18)21/h7-10,23H,6,11-13H2,1-5H3,(H2,21,24)(H,22,25). The smallest absolute Gasteiger partial charge is 0.208 e. The number of rotatable bonds is 9. The quantitative estimate of drug-likeness (QED) is 0.423. The lowest BCUT2D eigenvalue weighted by molar-refractivity contribution is 0.187. The van der Waals surface area contributed by atoms with Gasteiger partial charge in [-0.3, -0.25) is 4.99 Å². The molecule has 0 spiro atoms. The van der Waals surface area contributed by atoms with Gasteiger partial charge in [-0.2, -0.15) is 0 Å². The number of nitrogens with two attached hydrogens (primary N) is 1. The topological polar surface area (TPSA) is 119 Å². The zero-order valence-corrected chi connectivity index (χ0v) is 18.6. The van der Waals surface area contributed by atoms with E-state index in [1.165, 1.54) is 0 Å². The number of pyridine rings is 1. The van der Waals surface area contributed by atoms with E-state index in [1.54, 1.807) is 0 Å². The number of sulfonamides is 1. The van der Waals surface area contributed by atoms with Gasteiger partial charge in [0.1, 0.15) is 18.3 Å². The number of aliphatic imine (C=N–C) groups is 1. The first-order valence-electron chi connectivity index (χ1n) is 9.50. The molecule has 0 unspecified atom stereocenters. The minimum Gasteiger partial charge on any atom is -0.382 e. The molecule has 0 fully saturated rings. The van der Waals surface area contributed by atoms with Crippen LogP contribution in [0.1, 0.15) is 26.3 Å². The summed E-state index contributed by atoms with van der Waals surface area (Å²) >= 11 is 0. The van der Waals surface area contributed by atoms with Gasteiger partial charge < -0.3 is 15.8 Å². The minimum absolute atomic E-state index is 0.288. The molecule has 1 heterocycles. The molecule has 0 aliphatic rings. The van der Waals surface area contributed by atoms with Gasteiger partial charge in [-0.25, -0.2) is 18.1 Å². The summed E-state index contributed by atoms with van der Waals surface area (Å²) < 4.78 is 30.8. The van der Waals surface area contributed by atoms with E-state index in [2.05, 4.69) is 20.0 Å². The summed E-state index contributed by atoms with van der Waals surface area (Å²) in [6, 6.07) is 7.82. The summed E-state index contributed by atoms with van der Waals surface area (Å²) in [4.78, 5) is 9.13. The van der Waals surface area contributed by atoms with Crippen LogP contribution in [0, 0.1) is 12.3 Å². The molecule has 2 rings (SSSR count). The molecule has 8 nitrogen and oxygen atoms in total. The average Bonchev–Trinajstić information content (AvgIpc) is 2.64. The summed E-state index contributed by atoms with van der Waals surface area (Å²) in [5.74, 6) is 1.01. The van der Waals surface area contributed by atoms with Crippen LogP contribution in [0.25, 0.3) is 10.9 Å². The van der Waals surface area contributed by atoms with Gasteiger partial charge in [0.2, 0.25) is 10.0 Å². The SMILES string of the molecule is CCOCC(=NCC(C)(C)CNS(C)(=O)=O)Nc1c(N)nc2ccccc2c1C. The Balaban J connectivity index is 2.27. The highest BCUT2D eigenvalue weighted by atomic mass is 32.2. The lowest BCUT2D eigenvalue weighted by atomic mass is 9.94. The van der Waals surface area contributed by atoms with Crippen molar-refractivity contribution in [1.82, 2.24) is 9.71 Å². The highest BCUT2D eigenvalue weighted by Gasteiger charge is 2.20. The van der Waals surface area contributed by atoms with Crippen molar-refractivity contribution in [2.45, 2.75) is 27.7 Å². The first-order chi connectivity index (χ1) is 13.5. The molecule has 0 aliphatic carbocycles. The van der Waals surface area contributed by atoms with Crippen LogP contribution >= 0.6 is 0 Å². The summed E-state index contributed by atoms with van der Waals surface area (Å²) in [6.07, 6.45) is 1.15. The summed E-state index contributed by atoms with van der Waals surface area (Å²) in [7, 11) is -3.25. The molecule has 2 aromatic rings. The van der Waals surface area contributed by atoms with E-state index < -0.39 is 10.0 Å².